The summed E-state index contributed by atoms with van der Waals surface area (Å²) in [5.74, 6) is 2.00. The first kappa shape index (κ1) is 64.1. The predicted octanol–water partition coefficient (Wildman–Crippen LogP) is 16.6. The van der Waals surface area contributed by atoms with Crippen LogP contribution in [0.3, 0.4) is 0 Å². The summed E-state index contributed by atoms with van der Waals surface area (Å²) in [5, 5.41) is 20.0. The highest BCUT2D eigenvalue weighted by Crippen LogP contribution is 2.54. The third kappa shape index (κ3) is 20.1. The zero-order valence-electron chi connectivity index (χ0n) is 49.9. The number of fused-ring (bicyclic) bond motifs is 4. The maximum absolute atomic E-state index is 6.43. The SMILES string of the molecule is CCOCCOCCC1(CCOCCOCC)c2cc(/C=C/c3ccc(-c4nc5ccccc5s4)cc3)ccc2-c2ccc(N(Cc3cn(CCCCCCCCCCCS)nn3)Cc3cn(CCCCCCCCCCCS)nn3)cc21. The van der Waals surface area contributed by atoms with Crippen molar-refractivity contribution in [2.75, 3.05) is 69.3 Å². The minimum absolute atomic E-state index is 0.420. The van der Waals surface area contributed by atoms with Gasteiger partial charge in [-0.1, -0.05) is 173 Å². The second-order valence-electron chi connectivity index (χ2n) is 22.3. The Kier molecular flexibility index (Phi) is 28.0. The van der Waals surface area contributed by atoms with Crippen molar-refractivity contribution < 1.29 is 18.9 Å². The van der Waals surface area contributed by atoms with Crippen molar-refractivity contribution in [3.8, 4) is 21.7 Å². The summed E-state index contributed by atoms with van der Waals surface area (Å²) < 4.78 is 29.6. The largest absolute Gasteiger partial charge is 0.379 e. The van der Waals surface area contributed by atoms with Crippen LogP contribution in [0.25, 0.3) is 44.1 Å². The van der Waals surface area contributed by atoms with Crippen LogP contribution in [0.15, 0.2) is 97.3 Å². The fourth-order valence-corrected chi connectivity index (χ4v) is 12.9. The molecule has 1 aliphatic rings. The Morgan fingerprint density at radius 2 is 1.00 bits per heavy atom. The van der Waals surface area contributed by atoms with Gasteiger partial charge in [-0.25, -0.2) is 4.98 Å². The number of para-hydroxylation sites is 1. The van der Waals surface area contributed by atoms with E-state index in [1.807, 2.05) is 29.3 Å². The van der Waals surface area contributed by atoms with Gasteiger partial charge in [-0.2, -0.15) is 25.3 Å². The van der Waals surface area contributed by atoms with E-state index in [1.54, 1.807) is 11.3 Å². The first-order valence-electron chi connectivity index (χ1n) is 31.5. The van der Waals surface area contributed by atoms with Gasteiger partial charge in [0, 0.05) is 56.2 Å². The number of anilines is 1. The molecule has 3 aromatic heterocycles. The number of aromatic nitrogens is 7. The fraction of sp³-hybridized carbons (Fsp3) is 0.544. The highest BCUT2D eigenvalue weighted by atomic mass is 32.1. The maximum atomic E-state index is 6.43. The van der Waals surface area contributed by atoms with Crippen molar-refractivity contribution in [2.45, 2.75) is 174 Å². The summed E-state index contributed by atoms with van der Waals surface area (Å²) in [7, 11) is 0. The third-order valence-corrected chi connectivity index (χ3v) is 17.8. The minimum Gasteiger partial charge on any atom is -0.379 e. The topological polar surface area (TPSA) is 114 Å². The summed E-state index contributed by atoms with van der Waals surface area (Å²) in [6, 6.07) is 31.1. The van der Waals surface area contributed by atoms with Crippen molar-refractivity contribution in [1.29, 1.82) is 0 Å². The maximum Gasteiger partial charge on any atom is 0.124 e. The summed E-state index contributed by atoms with van der Waals surface area (Å²) in [4.78, 5) is 7.32. The Morgan fingerprint density at radius 3 is 1.54 bits per heavy atom. The zero-order chi connectivity index (χ0) is 57.6. The van der Waals surface area contributed by atoms with Crippen LogP contribution >= 0.6 is 36.6 Å². The summed E-state index contributed by atoms with van der Waals surface area (Å²) in [5.41, 5.74) is 12.1. The average molecular weight is 1180 g/mol. The van der Waals surface area contributed by atoms with Crippen molar-refractivity contribution >= 4 is 64.7 Å². The van der Waals surface area contributed by atoms with Crippen molar-refractivity contribution in [3.05, 3.63) is 131 Å². The van der Waals surface area contributed by atoms with Crippen LogP contribution in [0, 0.1) is 0 Å². The van der Waals surface area contributed by atoms with Crippen LogP contribution in [-0.4, -0.2) is 99.3 Å². The molecule has 0 amide bonds. The Balaban J connectivity index is 1.05. The molecule has 0 atom stereocenters. The number of benzene rings is 4. The molecule has 0 spiro atoms. The first-order valence-corrected chi connectivity index (χ1v) is 33.6. The van der Waals surface area contributed by atoms with Crippen LogP contribution in [0.5, 0.6) is 0 Å². The standard InChI is InChI=1S/C68H94N8O4S3/c1-3-77-43-45-79-41-37-68(38-42-80-46-44-78-4-2)63-49-56(28-27-55-29-32-57(33-30-55)67-69-65-25-19-20-26-66(65)83-67)31-35-61(63)62-36-34-60(50-64(62)68)74(51-58-53-75(72-70-58)39-21-15-11-7-5-9-13-17-23-47-81)52-59-54-76(73-71-59)40-22-16-12-8-6-10-14-18-24-48-82/h19-20,25-36,49-50,53-54,81-82H,3-18,21-24,37-48,51-52H2,1-2H3/b28-27+. The van der Waals surface area contributed by atoms with E-state index in [2.05, 4.69) is 144 Å². The number of ether oxygens (including phenoxy) is 4. The number of thiazole rings is 1. The Morgan fingerprint density at radius 1 is 0.518 bits per heavy atom. The number of aryl methyl sites for hydroxylation is 2. The third-order valence-electron chi connectivity index (χ3n) is 16.1. The van der Waals surface area contributed by atoms with Gasteiger partial charge >= 0.3 is 0 Å². The van der Waals surface area contributed by atoms with Gasteiger partial charge in [-0.3, -0.25) is 9.36 Å². The molecule has 0 N–H and O–H groups in total. The van der Waals surface area contributed by atoms with Crippen LogP contribution < -0.4 is 4.90 Å². The first-order chi connectivity index (χ1) is 41.0. The van der Waals surface area contributed by atoms with Crippen LogP contribution in [-0.2, 0) is 50.5 Å². The zero-order valence-corrected chi connectivity index (χ0v) is 52.6. The molecule has 1 aliphatic carbocycles. The summed E-state index contributed by atoms with van der Waals surface area (Å²) >= 11 is 10.5. The summed E-state index contributed by atoms with van der Waals surface area (Å²) in [6.07, 6.45) is 33.1. The molecule has 83 heavy (non-hydrogen) atoms. The molecule has 0 fully saturated rings. The van der Waals surface area contributed by atoms with E-state index in [4.69, 9.17) is 34.1 Å². The lowest BCUT2D eigenvalue weighted by Crippen LogP contribution is -2.30. The molecule has 4 aromatic carbocycles. The number of unbranched alkanes of at least 4 members (excludes halogenated alkanes) is 16. The van der Waals surface area contributed by atoms with Crippen LogP contribution in [0.2, 0.25) is 0 Å². The van der Waals surface area contributed by atoms with E-state index < -0.39 is 5.41 Å². The Labute approximate surface area is 511 Å². The number of hydrogen-bond donors (Lipinski definition) is 2. The Hall–Kier alpha value is -4.87. The second kappa shape index (κ2) is 36.2. The molecular formula is C68H94N8O4S3. The molecule has 0 bridgehead atoms. The van der Waals surface area contributed by atoms with E-state index in [0.29, 0.717) is 65.9 Å². The van der Waals surface area contributed by atoms with E-state index in [-0.39, 0.29) is 0 Å². The van der Waals surface area contributed by atoms with E-state index in [1.165, 1.54) is 130 Å². The van der Waals surface area contributed by atoms with Gasteiger partial charge in [-0.05, 0) is 122 Å². The van der Waals surface area contributed by atoms with Gasteiger partial charge in [0.25, 0.3) is 0 Å². The van der Waals surface area contributed by atoms with Gasteiger partial charge < -0.3 is 23.8 Å². The van der Waals surface area contributed by atoms with Gasteiger partial charge in [0.2, 0.25) is 0 Å². The Bertz CT molecular complexity index is 2840. The molecule has 448 valence electrons. The lowest BCUT2D eigenvalue weighted by Gasteiger charge is -2.33. The number of rotatable bonds is 44. The molecule has 7 aromatic rings. The normalized spacial score (nSPS) is 12.8. The molecular weight excluding hydrogens is 1090 g/mol. The van der Waals surface area contributed by atoms with Crippen LogP contribution in [0.4, 0.5) is 5.69 Å². The number of thiol groups is 2. The molecule has 3 heterocycles. The van der Waals surface area contributed by atoms with Crippen molar-refractivity contribution in [2.24, 2.45) is 0 Å². The van der Waals surface area contributed by atoms with Gasteiger partial charge in [0.15, 0.2) is 0 Å². The molecule has 0 aliphatic heterocycles. The highest BCUT2D eigenvalue weighted by Gasteiger charge is 2.43. The van der Waals surface area contributed by atoms with Crippen molar-refractivity contribution in [3.63, 3.8) is 0 Å². The smallest absolute Gasteiger partial charge is 0.124 e. The number of hydrogen-bond acceptors (Lipinski definition) is 13. The van der Waals surface area contributed by atoms with E-state index >= 15 is 0 Å². The predicted molar refractivity (Wildman–Crippen MR) is 351 cm³/mol. The van der Waals surface area contributed by atoms with E-state index in [9.17, 15) is 0 Å². The molecule has 0 saturated heterocycles. The van der Waals surface area contributed by atoms with Crippen molar-refractivity contribution in [1.82, 2.24) is 35.0 Å². The lowest BCUT2D eigenvalue weighted by atomic mass is 9.72. The number of nitrogens with zero attached hydrogens (tertiary/aromatic N) is 8. The molecule has 0 radical (unpaired) electrons. The fourth-order valence-electron chi connectivity index (χ4n) is 11.5. The van der Waals surface area contributed by atoms with Gasteiger partial charge in [0.1, 0.15) is 16.4 Å². The molecule has 8 rings (SSSR count). The highest BCUT2D eigenvalue weighted by molar-refractivity contribution is 7.80. The second-order valence-corrected chi connectivity index (χ2v) is 24.2. The molecule has 0 saturated carbocycles. The summed E-state index contributed by atoms with van der Waals surface area (Å²) in [6.45, 7) is 11.6. The molecule has 12 nitrogen and oxygen atoms in total. The quantitative estimate of drug-likeness (QED) is 0.0217. The lowest BCUT2D eigenvalue weighted by molar-refractivity contribution is 0.0356. The minimum atomic E-state index is -0.420. The average Bonchev–Trinajstić information content (AvgIpc) is 2.12. The monoisotopic (exact) mass is 1180 g/mol. The van der Waals surface area contributed by atoms with E-state index in [0.717, 1.165) is 94.6 Å². The molecule has 0 unspecified atom stereocenters. The van der Waals surface area contributed by atoms with Crippen LogP contribution in [0.1, 0.15) is 176 Å². The molecule has 15 heteroatoms. The van der Waals surface area contributed by atoms with Gasteiger partial charge in [0.05, 0.1) is 62.1 Å². The van der Waals surface area contributed by atoms with Gasteiger partial charge in [-0.15, -0.1) is 21.5 Å².